The lowest BCUT2D eigenvalue weighted by atomic mass is 10.0. The van der Waals surface area contributed by atoms with Gasteiger partial charge in [0.25, 0.3) is 0 Å². The van der Waals surface area contributed by atoms with Gasteiger partial charge in [0, 0.05) is 32.6 Å². The SMILES string of the molecule is CN(C)S(=O)(=O)N(CC(=O)N(Cc1ccc(F)cc1)[C@@H](Cc1ccccc1)C(=O)NC(C)(C)C)c1ccccc1. The van der Waals surface area contributed by atoms with Crippen LogP contribution in [0.5, 0.6) is 0 Å². The third-order valence-corrected chi connectivity index (χ3v) is 7.92. The molecule has 0 unspecified atom stereocenters. The molecule has 3 aromatic carbocycles. The lowest BCUT2D eigenvalue weighted by molar-refractivity contribution is -0.140. The third-order valence-electron chi connectivity index (χ3n) is 6.10. The van der Waals surface area contributed by atoms with Crippen LogP contribution in [0.25, 0.3) is 0 Å². The van der Waals surface area contributed by atoms with Crippen molar-refractivity contribution < 1.29 is 22.4 Å². The zero-order chi connectivity index (χ0) is 29.5. The molecule has 0 aliphatic heterocycles. The molecule has 8 nitrogen and oxygen atoms in total. The Balaban J connectivity index is 2.09. The van der Waals surface area contributed by atoms with E-state index in [1.54, 1.807) is 42.5 Å². The van der Waals surface area contributed by atoms with Crippen LogP contribution in [0.15, 0.2) is 84.9 Å². The average molecular weight is 569 g/mol. The van der Waals surface area contributed by atoms with Crippen molar-refractivity contribution in [1.29, 1.82) is 0 Å². The lowest BCUT2D eigenvalue weighted by Gasteiger charge is -2.35. The molecule has 0 heterocycles. The van der Waals surface area contributed by atoms with Crippen molar-refractivity contribution in [3.63, 3.8) is 0 Å². The Labute approximate surface area is 236 Å². The summed E-state index contributed by atoms with van der Waals surface area (Å²) in [7, 11) is -1.28. The Kier molecular flexibility index (Phi) is 10.1. The highest BCUT2D eigenvalue weighted by Gasteiger charge is 2.35. The second-order valence-corrected chi connectivity index (χ2v) is 12.8. The quantitative estimate of drug-likeness (QED) is 0.379. The number of para-hydroxylation sites is 1. The van der Waals surface area contributed by atoms with Crippen molar-refractivity contribution in [3.05, 3.63) is 102 Å². The number of hydrogen-bond donors (Lipinski definition) is 1. The first-order valence-electron chi connectivity index (χ1n) is 12.9. The first-order chi connectivity index (χ1) is 18.8. The first kappa shape index (κ1) is 30.8. The molecule has 0 saturated carbocycles. The maximum atomic E-state index is 14.1. The molecule has 0 saturated heterocycles. The first-order valence-corrected chi connectivity index (χ1v) is 14.3. The molecular formula is C30H37FN4O4S. The summed E-state index contributed by atoms with van der Waals surface area (Å²) >= 11 is 0. The number of hydrogen-bond acceptors (Lipinski definition) is 4. The molecule has 40 heavy (non-hydrogen) atoms. The molecule has 214 valence electrons. The summed E-state index contributed by atoms with van der Waals surface area (Å²) in [5.74, 6) is -1.39. The summed E-state index contributed by atoms with van der Waals surface area (Å²) in [5, 5.41) is 2.97. The van der Waals surface area contributed by atoms with Crippen molar-refractivity contribution in [2.24, 2.45) is 0 Å². The second-order valence-electron chi connectivity index (χ2n) is 10.7. The van der Waals surface area contributed by atoms with Crippen molar-refractivity contribution >= 4 is 27.7 Å². The predicted octanol–water partition coefficient (Wildman–Crippen LogP) is 3.99. The van der Waals surface area contributed by atoms with Gasteiger partial charge in [-0.1, -0.05) is 60.7 Å². The van der Waals surface area contributed by atoms with Crippen molar-refractivity contribution in [2.75, 3.05) is 24.9 Å². The van der Waals surface area contributed by atoms with Gasteiger partial charge in [0.1, 0.15) is 18.4 Å². The van der Waals surface area contributed by atoms with Gasteiger partial charge in [-0.15, -0.1) is 0 Å². The fraction of sp³-hybridized carbons (Fsp3) is 0.333. The Morgan fingerprint density at radius 3 is 1.93 bits per heavy atom. The van der Waals surface area contributed by atoms with Gasteiger partial charge >= 0.3 is 10.2 Å². The molecule has 0 aromatic heterocycles. The van der Waals surface area contributed by atoms with E-state index >= 15 is 0 Å². The van der Waals surface area contributed by atoms with Crippen LogP contribution < -0.4 is 9.62 Å². The minimum absolute atomic E-state index is 0.0290. The molecule has 3 rings (SSSR count). The summed E-state index contributed by atoms with van der Waals surface area (Å²) in [5.41, 5.74) is 1.15. The maximum Gasteiger partial charge on any atom is 0.304 e. The number of anilines is 1. The van der Waals surface area contributed by atoms with E-state index in [0.29, 0.717) is 11.3 Å². The smallest absolute Gasteiger partial charge is 0.304 e. The van der Waals surface area contributed by atoms with E-state index < -0.39 is 40.1 Å². The van der Waals surface area contributed by atoms with Gasteiger partial charge in [-0.3, -0.25) is 9.59 Å². The summed E-state index contributed by atoms with van der Waals surface area (Å²) in [6.07, 6.45) is 0.196. The fourth-order valence-corrected chi connectivity index (χ4v) is 5.16. The number of rotatable bonds is 11. The van der Waals surface area contributed by atoms with Crippen LogP contribution >= 0.6 is 0 Å². The second kappa shape index (κ2) is 13.1. The van der Waals surface area contributed by atoms with Gasteiger partial charge in [0.05, 0.1) is 5.69 Å². The lowest BCUT2D eigenvalue weighted by Crippen LogP contribution is -2.56. The molecule has 1 atom stereocenters. The van der Waals surface area contributed by atoms with E-state index in [2.05, 4.69) is 5.32 Å². The Morgan fingerprint density at radius 1 is 0.850 bits per heavy atom. The van der Waals surface area contributed by atoms with Gasteiger partial charge in [0.15, 0.2) is 0 Å². The van der Waals surface area contributed by atoms with Crippen LogP contribution in [0.3, 0.4) is 0 Å². The summed E-state index contributed by atoms with van der Waals surface area (Å²) < 4.78 is 42.4. The molecule has 0 aliphatic carbocycles. The average Bonchev–Trinajstić information content (AvgIpc) is 2.90. The zero-order valence-electron chi connectivity index (χ0n) is 23.5. The largest absolute Gasteiger partial charge is 0.350 e. The highest BCUT2D eigenvalue weighted by atomic mass is 32.2. The van der Waals surface area contributed by atoms with Crippen LogP contribution in [0.1, 0.15) is 31.9 Å². The predicted molar refractivity (Wildman–Crippen MR) is 155 cm³/mol. The van der Waals surface area contributed by atoms with E-state index in [1.165, 1.54) is 31.1 Å². The number of halogens is 1. The van der Waals surface area contributed by atoms with E-state index in [0.717, 1.165) is 14.2 Å². The summed E-state index contributed by atoms with van der Waals surface area (Å²) in [4.78, 5) is 29.2. The molecule has 1 N–H and O–H groups in total. The fourth-order valence-electron chi connectivity index (χ4n) is 4.10. The highest BCUT2D eigenvalue weighted by molar-refractivity contribution is 7.90. The van der Waals surface area contributed by atoms with Crippen LogP contribution in [0, 0.1) is 5.82 Å². The Hall–Kier alpha value is -3.76. The van der Waals surface area contributed by atoms with Gasteiger partial charge in [0.2, 0.25) is 11.8 Å². The van der Waals surface area contributed by atoms with Crippen molar-refractivity contribution in [1.82, 2.24) is 14.5 Å². The third kappa shape index (κ3) is 8.37. The van der Waals surface area contributed by atoms with Crippen LogP contribution in [0.2, 0.25) is 0 Å². The van der Waals surface area contributed by atoms with Crippen LogP contribution in [-0.4, -0.2) is 61.7 Å². The molecule has 0 fully saturated rings. The molecular weight excluding hydrogens is 531 g/mol. The molecule has 2 amide bonds. The number of nitrogens with one attached hydrogen (secondary N) is 1. The molecule has 0 aliphatic rings. The minimum atomic E-state index is -4.06. The van der Waals surface area contributed by atoms with Crippen LogP contribution in [0.4, 0.5) is 10.1 Å². The summed E-state index contributed by atoms with van der Waals surface area (Å²) in [6.45, 7) is 4.96. The maximum absolute atomic E-state index is 14.1. The Morgan fingerprint density at radius 2 is 1.40 bits per heavy atom. The zero-order valence-corrected chi connectivity index (χ0v) is 24.4. The molecule has 0 bridgehead atoms. The van der Waals surface area contributed by atoms with E-state index in [1.807, 2.05) is 51.1 Å². The number of benzene rings is 3. The van der Waals surface area contributed by atoms with Gasteiger partial charge in [-0.25, -0.2) is 8.70 Å². The standard InChI is InChI=1S/C30H37FN4O4S/c1-30(2,3)32-29(37)27(20-23-12-8-6-9-13-23)34(21-24-16-18-25(31)19-17-24)28(36)22-35(40(38,39)33(4)5)26-14-10-7-11-15-26/h6-19,27H,20-22H2,1-5H3,(H,32,37)/t27-/m0/s1. The molecule has 0 radical (unpaired) electrons. The highest BCUT2D eigenvalue weighted by Crippen LogP contribution is 2.22. The number of carbonyl (C=O) groups is 2. The molecule has 10 heteroatoms. The van der Waals surface area contributed by atoms with Crippen molar-refractivity contribution in [3.8, 4) is 0 Å². The van der Waals surface area contributed by atoms with Gasteiger partial charge < -0.3 is 10.2 Å². The minimum Gasteiger partial charge on any atom is -0.350 e. The molecule has 3 aromatic rings. The van der Waals surface area contributed by atoms with E-state index in [9.17, 15) is 22.4 Å². The van der Waals surface area contributed by atoms with E-state index in [4.69, 9.17) is 0 Å². The normalized spacial score (nSPS) is 12.6. The number of amides is 2. The van der Waals surface area contributed by atoms with Crippen molar-refractivity contribution in [2.45, 2.75) is 45.3 Å². The Bertz CT molecular complexity index is 1380. The monoisotopic (exact) mass is 568 g/mol. The topological polar surface area (TPSA) is 90.0 Å². The summed E-state index contributed by atoms with van der Waals surface area (Å²) in [6, 6.07) is 22.3. The number of nitrogens with zero attached hydrogens (tertiary/aromatic N) is 3. The van der Waals surface area contributed by atoms with E-state index in [-0.39, 0.29) is 18.9 Å². The van der Waals surface area contributed by atoms with Gasteiger partial charge in [-0.2, -0.15) is 12.7 Å². The van der Waals surface area contributed by atoms with Gasteiger partial charge in [-0.05, 0) is 56.2 Å². The number of carbonyl (C=O) groups excluding carboxylic acids is 2. The van der Waals surface area contributed by atoms with Crippen LogP contribution in [-0.2, 0) is 32.8 Å². The molecule has 0 spiro atoms.